The van der Waals surface area contributed by atoms with Crippen LogP contribution in [-0.2, 0) is 4.79 Å². The van der Waals surface area contributed by atoms with Gasteiger partial charge in [-0.1, -0.05) is 314 Å². The standard InChI is InChI=1S/C62H119NO3/c1-3-5-7-9-11-13-15-17-19-21-23-25-26-27-28-29-30-31-32-33-34-35-36-38-40-42-44-46-48-50-52-54-56-58-62(66)63-60(59-64)61(65)57-55-53-51-49-47-45-43-41-39-37-24-22-20-18-16-14-12-10-8-6-4-2/h15,17,21,23,26-27,60-61,64-65H,3-14,16,18-20,22,24-25,28-59H2,1-2H3,(H,63,66)/b17-15-,23-21-,27-26-. The summed E-state index contributed by atoms with van der Waals surface area (Å²) in [5.41, 5.74) is 0. The van der Waals surface area contributed by atoms with Crippen molar-refractivity contribution >= 4 is 5.91 Å². The lowest BCUT2D eigenvalue weighted by Gasteiger charge is -2.22. The Labute approximate surface area is 414 Å². The Hall–Kier alpha value is -1.39. The van der Waals surface area contributed by atoms with E-state index >= 15 is 0 Å². The molecule has 0 aliphatic carbocycles. The van der Waals surface area contributed by atoms with Crippen LogP contribution in [0.25, 0.3) is 0 Å². The van der Waals surface area contributed by atoms with Gasteiger partial charge < -0.3 is 15.5 Å². The average molecular weight is 927 g/mol. The summed E-state index contributed by atoms with van der Waals surface area (Å²) in [5.74, 6) is -0.0255. The molecular formula is C62H119NO3. The van der Waals surface area contributed by atoms with Crippen LogP contribution in [0.15, 0.2) is 36.5 Å². The van der Waals surface area contributed by atoms with E-state index in [-0.39, 0.29) is 12.5 Å². The molecule has 0 rings (SSSR count). The normalized spacial score (nSPS) is 13.0. The van der Waals surface area contributed by atoms with Crippen LogP contribution in [0.2, 0.25) is 0 Å². The molecule has 66 heavy (non-hydrogen) atoms. The van der Waals surface area contributed by atoms with Gasteiger partial charge in [0.05, 0.1) is 18.8 Å². The molecule has 1 amide bonds. The smallest absolute Gasteiger partial charge is 0.220 e. The van der Waals surface area contributed by atoms with Crippen molar-refractivity contribution in [2.75, 3.05) is 6.61 Å². The third-order valence-corrected chi connectivity index (χ3v) is 14.2. The van der Waals surface area contributed by atoms with Crippen LogP contribution >= 0.6 is 0 Å². The number of unbranched alkanes of at least 4 members (excludes halogenated alkanes) is 43. The lowest BCUT2D eigenvalue weighted by atomic mass is 10.0. The first-order valence-electron chi connectivity index (χ1n) is 30.2. The fraction of sp³-hybridized carbons (Fsp3) is 0.887. The fourth-order valence-corrected chi connectivity index (χ4v) is 9.55. The highest BCUT2D eigenvalue weighted by Gasteiger charge is 2.20. The number of carbonyl (C=O) groups is 1. The molecule has 0 aromatic heterocycles. The SMILES string of the molecule is CCCCCCC/C=C\C/C=C\C/C=C\CCCCCCCCCCCCCCCCCCCCC(=O)NC(CO)C(O)CCCCCCCCCCCCCCCCCCCCCCC. The van der Waals surface area contributed by atoms with Crippen LogP contribution in [0.1, 0.15) is 335 Å². The zero-order valence-electron chi connectivity index (χ0n) is 45.0. The van der Waals surface area contributed by atoms with Gasteiger partial charge in [0.2, 0.25) is 5.91 Å². The lowest BCUT2D eigenvalue weighted by Crippen LogP contribution is -2.45. The van der Waals surface area contributed by atoms with Gasteiger partial charge in [0, 0.05) is 6.42 Å². The second kappa shape index (κ2) is 57.9. The Morgan fingerprint density at radius 3 is 0.924 bits per heavy atom. The van der Waals surface area contributed by atoms with Crippen molar-refractivity contribution < 1.29 is 15.0 Å². The number of nitrogens with one attached hydrogen (secondary N) is 1. The van der Waals surface area contributed by atoms with Crippen molar-refractivity contribution in [1.29, 1.82) is 0 Å². The van der Waals surface area contributed by atoms with Gasteiger partial charge in [0.25, 0.3) is 0 Å². The zero-order chi connectivity index (χ0) is 47.7. The van der Waals surface area contributed by atoms with Crippen LogP contribution in [0.4, 0.5) is 0 Å². The van der Waals surface area contributed by atoms with Crippen molar-refractivity contribution in [2.45, 2.75) is 347 Å². The van der Waals surface area contributed by atoms with Crippen LogP contribution < -0.4 is 5.32 Å². The highest BCUT2D eigenvalue weighted by molar-refractivity contribution is 5.76. The van der Waals surface area contributed by atoms with E-state index in [1.165, 1.54) is 270 Å². The predicted molar refractivity (Wildman–Crippen MR) is 295 cm³/mol. The molecule has 0 radical (unpaired) electrons. The average Bonchev–Trinajstić information content (AvgIpc) is 3.32. The van der Waals surface area contributed by atoms with Gasteiger partial charge in [-0.05, 0) is 51.4 Å². The van der Waals surface area contributed by atoms with Gasteiger partial charge in [-0.2, -0.15) is 0 Å². The molecule has 2 unspecified atom stereocenters. The zero-order valence-corrected chi connectivity index (χ0v) is 45.0. The van der Waals surface area contributed by atoms with Crippen molar-refractivity contribution in [3.8, 4) is 0 Å². The summed E-state index contributed by atoms with van der Waals surface area (Å²) >= 11 is 0. The number of amides is 1. The minimum Gasteiger partial charge on any atom is -0.394 e. The Morgan fingerprint density at radius 1 is 0.364 bits per heavy atom. The molecule has 0 aromatic carbocycles. The number of carbonyl (C=O) groups excluding carboxylic acids is 1. The van der Waals surface area contributed by atoms with Crippen LogP contribution in [0.5, 0.6) is 0 Å². The monoisotopic (exact) mass is 926 g/mol. The van der Waals surface area contributed by atoms with Crippen molar-refractivity contribution in [1.82, 2.24) is 5.32 Å². The molecule has 390 valence electrons. The van der Waals surface area contributed by atoms with Gasteiger partial charge in [-0.3, -0.25) is 4.79 Å². The molecule has 2 atom stereocenters. The Bertz CT molecular complexity index is 1010. The minimum absolute atomic E-state index is 0.0255. The van der Waals surface area contributed by atoms with Gasteiger partial charge in [0.15, 0.2) is 0 Å². The maximum atomic E-state index is 12.5. The van der Waals surface area contributed by atoms with Crippen LogP contribution in [0.3, 0.4) is 0 Å². The van der Waals surface area contributed by atoms with E-state index in [0.717, 1.165) is 38.5 Å². The summed E-state index contributed by atoms with van der Waals surface area (Å²) in [6, 6.07) is -0.536. The van der Waals surface area contributed by atoms with Gasteiger partial charge in [-0.15, -0.1) is 0 Å². The molecular weight excluding hydrogens is 807 g/mol. The summed E-state index contributed by atoms with van der Waals surface area (Å²) in [7, 11) is 0. The van der Waals surface area contributed by atoms with E-state index in [0.29, 0.717) is 12.8 Å². The summed E-state index contributed by atoms with van der Waals surface area (Å²) in [6.45, 7) is 4.38. The topological polar surface area (TPSA) is 69.6 Å². The number of aliphatic hydroxyl groups excluding tert-OH is 2. The Balaban J connectivity index is 3.42. The molecule has 0 aromatic rings. The number of hydrogen-bond donors (Lipinski definition) is 3. The van der Waals surface area contributed by atoms with Crippen LogP contribution in [-0.4, -0.2) is 34.9 Å². The van der Waals surface area contributed by atoms with Crippen molar-refractivity contribution in [3.63, 3.8) is 0 Å². The summed E-state index contributed by atoms with van der Waals surface area (Å²) < 4.78 is 0. The predicted octanol–water partition coefficient (Wildman–Crippen LogP) is 20.0. The van der Waals surface area contributed by atoms with E-state index in [1.54, 1.807) is 0 Å². The number of hydrogen-bond acceptors (Lipinski definition) is 3. The highest BCUT2D eigenvalue weighted by atomic mass is 16.3. The Kier molecular flexibility index (Phi) is 56.7. The lowest BCUT2D eigenvalue weighted by molar-refractivity contribution is -0.123. The molecule has 0 heterocycles. The van der Waals surface area contributed by atoms with E-state index in [2.05, 4.69) is 55.6 Å². The van der Waals surface area contributed by atoms with E-state index in [4.69, 9.17) is 0 Å². The summed E-state index contributed by atoms with van der Waals surface area (Å²) in [6.07, 6.45) is 78.6. The van der Waals surface area contributed by atoms with Crippen LogP contribution in [0, 0.1) is 0 Å². The third-order valence-electron chi connectivity index (χ3n) is 14.2. The van der Waals surface area contributed by atoms with Gasteiger partial charge in [0.1, 0.15) is 0 Å². The van der Waals surface area contributed by atoms with Gasteiger partial charge >= 0.3 is 0 Å². The molecule has 0 aliphatic rings. The summed E-state index contributed by atoms with van der Waals surface area (Å²) in [4.78, 5) is 12.5. The second-order valence-electron chi connectivity index (χ2n) is 20.8. The number of rotatable bonds is 56. The molecule has 0 aliphatic heterocycles. The molecule has 0 spiro atoms. The molecule has 0 saturated carbocycles. The van der Waals surface area contributed by atoms with E-state index in [9.17, 15) is 15.0 Å². The molecule has 3 N–H and O–H groups in total. The Morgan fingerprint density at radius 2 is 0.621 bits per heavy atom. The first kappa shape index (κ1) is 64.6. The van der Waals surface area contributed by atoms with Crippen molar-refractivity contribution in [2.24, 2.45) is 0 Å². The van der Waals surface area contributed by atoms with E-state index in [1.807, 2.05) is 0 Å². The maximum absolute atomic E-state index is 12.5. The molecule has 4 nitrogen and oxygen atoms in total. The number of aliphatic hydroxyl groups is 2. The molecule has 0 saturated heterocycles. The second-order valence-corrected chi connectivity index (χ2v) is 20.8. The maximum Gasteiger partial charge on any atom is 0.220 e. The minimum atomic E-state index is -0.659. The molecule has 0 bridgehead atoms. The van der Waals surface area contributed by atoms with E-state index < -0.39 is 12.1 Å². The third kappa shape index (κ3) is 53.6. The molecule has 0 fully saturated rings. The quantitative estimate of drug-likeness (QED) is 0.0420. The summed E-state index contributed by atoms with van der Waals surface area (Å²) in [5, 5.41) is 23.4. The fourth-order valence-electron chi connectivity index (χ4n) is 9.55. The first-order chi connectivity index (χ1) is 32.7. The first-order valence-corrected chi connectivity index (χ1v) is 30.2. The largest absolute Gasteiger partial charge is 0.394 e. The number of allylic oxidation sites excluding steroid dienone is 6. The van der Waals surface area contributed by atoms with Gasteiger partial charge in [-0.25, -0.2) is 0 Å². The van der Waals surface area contributed by atoms with Crippen molar-refractivity contribution in [3.05, 3.63) is 36.5 Å². The highest BCUT2D eigenvalue weighted by Crippen LogP contribution is 2.18. The molecule has 4 heteroatoms.